The smallest absolute Gasteiger partial charge is 0.319 e. The van der Waals surface area contributed by atoms with Crippen molar-refractivity contribution >= 4 is 35.5 Å². The van der Waals surface area contributed by atoms with E-state index in [1.54, 1.807) is 24.3 Å². The van der Waals surface area contributed by atoms with E-state index in [1.165, 1.54) is 21.0 Å². The van der Waals surface area contributed by atoms with Crippen LogP contribution in [0.1, 0.15) is 61.8 Å². The number of halogens is 6. The molecule has 46 heavy (non-hydrogen) atoms. The summed E-state index contributed by atoms with van der Waals surface area (Å²) in [6, 6.07) is 12.2. The molecule has 0 atom stereocenters. The first kappa shape index (κ1) is 33.7. The predicted octanol–water partition coefficient (Wildman–Crippen LogP) is 7.90. The van der Waals surface area contributed by atoms with Crippen LogP contribution in [0, 0.1) is 29.1 Å². The maximum Gasteiger partial charge on any atom is 0.319 e. The summed E-state index contributed by atoms with van der Waals surface area (Å²) in [5.41, 5.74) is 3.93. The normalized spacial score (nSPS) is 15.0. The Morgan fingerprint density at radius 1 is 0.913 bits per heavy atom. The molecular formula is C33H32ClF5N4O2S. The first-order valence-corrected chi connectivity index (χ1v) is 15.7. The largest absolute Gasteiger partial charge is 0.332 e. The number of nitrogens with one attached hydrogen (secondary N) is 2. The molecule has 13 heteroatoms. The second kappa shape index (κ2) is 13.6. The van der Waals surface area contributed by atoms with Gasteiger partial charge in [0, 0.05) is 17.8 Å². The van der Waals surface area contributed by atoms with E-state index in [2.05, 4.69) is 43.5 Å². The van der Waals surface area contributed by atoms with Gasteiger partial charge in [-0.2, -0.15) is 0 Å². The first-order valence-electron chi connectivity index (χ1n) is 14.6. The van der Waals surface area contributed by atoms with E-state index in [0.29, 0.717) is 22.2 Å². The van der Waals surface area contributed by atoms with Crippen molar-refractivity contribution in [3.05, 3.63) is 111 Å². The fourth-order valence-corrected chi connectivity index (χ4v) is 6.08. The number of urea groups is 1. The number of hydrogen-bond donors (Lipinski definition) is 2. The molecule has 5 rings (SSSR count). The minimum Gasteiger partial charge on any atom is -0.332 e. The quantitative estimate of drug-likeness (QED) is 0.0991. The lowest BCUT2D eigenvalue weighted by atomic mass is 9.84. The molecule has 6 nitrogen and oxygen atoms in total. The van der Waals surface area contributed by atoms with Gasteiger partial charge < -0.3 is 15.5 Å². The zero-order valence-electron chi connectivity index (χ0n) is 25.3. The summed E-state index contributed by atoms with van der Waals surface area (Å²) in [5.74, 6) is -10.5. The van der Waals surface area contributed by atoms with Crippen LogP contribution < -0.4 is 10.6 Å². The molecule has 3 aromatic carbocycles. The number of nitrogens with zero attached hydrogens (tertiary/aromatic N) is 2. The third-order valence-corrected chi connectivity index (χ3v) is 9.00. The highest BCUT2D eigenvalue weighted by atomic mass is 35.5. The zero-order valence-corrected chi connectivity index (χ0v) is 26.9. The van der Waals surface area contributed by atoms with Crippen LogP contribution in [0.5, 0.6) is 0 Å². The van der Waals surface area contributed by atoms with Crippen molar-refractivity contribution < 1.29 is 31.5 Å². The molecule has 0 spiro atoms. The van der Waals surface area contributed by atoms with E-state index in [1.807, 2.05) is 6.07 Å². The highest BCUT2D eigenvalue weighted by Crippen LogP contribution is 2.42. The Hall–Kier alpha value is -3.61. The molecule has 1 fully saturated rings. The standard InChI is InChI=1S/C33H32ClF5N4O2S/c1-33(2,3)22-11-19(10-21(12-22)20-6-7-20)16-43(24-13-40-32(45)41-14-24)25(44)17-42(15-18-4-8-23(34)9-5-18)46-31-29(38)27(36)26(35)28(37)30(31)39/h4-5,8-13,20H,6-7,14-17H2,1-3H3,(H2,40,41,45). The topological polar surface area (TPSA) is 64.7 Å². The third kappa shape index (κ3) is 7.84. The van der Waals surface area contributed by atoms with Crippen molar-refractivity contribution in [2.45, 2.75) is 62.9 Å². The molecule has 2 N–H and O–H groups in total. The molecule has 0 saturated heterocycles. The van der Waals surface area contributed by atoms with Gasteiger partial charge in [0.25, 0.3) is 0 Å². The van der Waals surface area contributed by atoms with Gasteiger partial charge >= 0.3 is 6.03 Å². The minimum atomic E-state index is -2.27. The number of benzene rings is 3. The molecule has 0 unspecified atom stereocenters. The summed E-state index contributed by atoms with van der Waals surface area (Å²) in [6.07, 6.45) is 3.56. The van der Waals surface area contributed by atoms with Gasteiger partial charge in [0.2, 0.25) is 11.7 Å². The highest BCUT2D eigenvalue weighted by molar-refractivity contribution is 7.97. The van der Waals surface area contributed by atoms with Crippen LogP contribution in [0.4, 0.5) is 26.7 Å². The van der Waals surface area contributed by atoms with Gasteiger partial charge in [0.15, 0.2) is 23.3 Å². The summed E-state index contributed by atoms with van der Waals surface area (Å²) in [5, 5.41) is 5.60. The lowest BCUT2D eigenvalue weighted by molar-refractivity contribution is -0.130. The molecular weight excluding hydrogens is 647 g/mol. The van der Waals surface area contributed by atoms with E-state index in [0.717, 1.165) is 24.0 Å². The van der Waals surface area contributed by atoms with Crippen molar-refractivity contribution in [1.82, 2.24) is 19.8 Å². The second-order valence-electron chi connectivity index (χ2n) is 12.3. The number of amides is 3. The summed E-state index contributed by atoms with van der Waals surface area (Å²) in [6.45, 7) is 5.81. The van der Waals surface area contributed by atoms with E-state index < -0.39 is 52.5 Å². The van der Waals surface area contributed by atoms with Gasteiger partial charge in [-0.3, -0.25) is 4.79 Å². The summed E-state index contributed by atoms with van der Waals surface area (Å²) >= 11 is 6.25. The number of carbonyl (C=O) groups is 2. The van der Waals surface area contributed by atoms with Gasteiger partial charge in [-0.15, -0.1) is 0 Å². The highest BCUT2D eigenvalue weighted by Gasteiger charge is 2.31. The van der Waals surface area contributed by atoms with Gasteiger partial charge in [0.1, 0.15) is 4.90 Å². The molecule has 2 aliphatic rings. The van der Waals surface area contributed by atoms with Crippen LogP contribution in [-0.4, -0.2) is 34.2 Å². The summed E-state index contributed by atoms with van der Waals surface area (Å²) in [7, 11) is 0. The monoisotopic (exact) mass is 678 g/mol. The van der Waals surface area contributed by atoms with Gasteiger partial charge in [0.05, 0.1) is 25.3 Å². The third-order valence-electron chi connectivity index (χ3n) is 7.69. The Morgan fingerprint density at radius 3 is 2.11 bits per heavy atom. The van der Waals surface area contributed by atoms with Gasteiger partial charge in [-0.05, 0) is 70.5 Å². The SMILES string of the molecule is CC(C)(C)c1cc(CN(C(=O)CN(Cc2ccc(Cl)cc2)Sc2c(F)c(F)c(F)c(F)c2F)C2=CNC(=O)NC2)cc(C2CC2)c1. The number of carbonyl (C=O) groups excluding carboxylic acids is 2. The minimum absolute atomic E-state index is 0.0218. The molecule has 1 saturated carbocycles. The maximum absolute atomic E-state index is 14.8. The molecule has 0 radical (unpaired) electrons. The Morgan fingerprint density at radius 2 is 1.54 bits per heavy atom. The van der Waals surface area contributed by atoms with Gasteiger partial charge in [-0.1, -0.05) is 62.7 Å². The number of hydrogen-bond acceptors (Lipinski definition) is 4. The number of rotatable bonds is 10. The van der Waals surface area contributed by atoms with Crippen molar-refractivity contribution in [3.63, 3.8) is 0 Å². The van der Waals surface area contributed by atoms with Crippen molar-refractivity contribution in [1.29, 1.82) is 0 Å². The molecule has 0 bridgehead atoms. The first-order chi connectivity index (χ1) is 21.7. The molecule has 1 aliphatic heterocycles. The van der Waals surface area contributed by atoms with E-state index >= 15 is 0 Å². The van der Waals surface area contributed by atoms with E-state index in [-0.39, 0.29) is 37.0 Å². The van der Waals surface area contributed by atoms with Gasteiger partial charge in [-0.25, -0.2) is 31.1 Å². The van der Waals surface area contributed by atoms with Crippen LogP contribution in [0.15, 0.2) is 59.3 Å². The summed E-state index contributed by atoms with van der Waals surface area (Å²) < 4.78 is 72.8. The van der Waals surface area contributed by atoms with Crippen molar-refractivity contribution in [2.75, 3.05) is 13.1 Å². The lowest BCUT2D eigenvalue weighted by Gasteiger charge is -2.31. The fraction of sp³-hybridized carbons (Fsp3) is 0.333. The summed E-state index contributed by atoms with van der Waals surface area (Å²) in [4.78, 5) is 26.3. The molecule has 244 valence electrons. The zero-order chi connectivity index (χ0) is 33.3. The van der Waals surface area contributed by atoms with E-state index in [4.69, 9.17) is 11.6 Å². The molecule has 3 aromatic rings. The maximum atomic E-state index is 14.8. The fourth-order valence-electron chi connectivity index (χ4n) is 4.97. The Labute approximate surface area is 273 Å². The Kier molecular flexibility index (Phi) is 10.00. The average Bonchev–Trinajstić information content (AvgIpc) is 3.87. The van der Waals surface area contributed by atoms with Crippen LogP contribution in [0.3, 0.4) is 0 Å². The predicted molar refractivity (Wildman–Crippen MR) is 166 cm³/mol. The molecule has 1 heterocycles. The Balaban J connectivity index is 1.50. The molecule has 0 aromatic heterocycles. The lowest BCUT2D eigenvalue weighted by Crippen LogP contribution is -2.46. The van der Waals surface area contributed by atoms with E-state index in [9.17, 15) is 31.5 Å². The van der Waals surface area contributed by atoms with Crippen molar-refractivity contribution in [3.8, 4) is 0 Å². The van der Waals surface area contributed by atoms with Crippen LogP contribution in [-0.2, 0) is 23.3 Å². The van der Waals surface area contributed by atoms with Crippen molar-refractivity contribution in [2.24, 2.45) is 0 Å². The molecule has 3 amide bonds. The Bertz CT molecular complexity index is 1660. The second-order valence-corrected chi connectivity index (χ2v) is 13.9. The molecule has 1 aliphatic carbocycles. The van der Waals surface area contributed by atoms with Crippen LogP contribution in [0.25, 0.3) is 0 Å². The average molecular weight is 679 g/mol. The van der Waals surface area contributed by atoms with Crippen LogP contribution >= 0.6 is 23.5 Å². The van der Waals surface area contributed by atoms with Crippen LogP contribution in [0.2, 0.25) is 5.02 Å².